The van der Waals surface area contributed by atoms with Crippen molar-refractivity contribution in [2.24, 2.45) is 0 Å². The molecule has 1 amide bonds. The minimum atomic E-state index is -0.124. The Morgan fingerprint density at radius 2 is 2.05 bits per heavy atom. The smallest absolute Gasteiger partial charge is 0.258 e. The van der Waals surface area contributed by atoms with Crippen molar-refractivity contribution in [3.8, 4) is 5.75 Å². The summed E-state index contributed by atoms with van der Waals surface area (Å²) < 4.78 is 5.49. The molecule has 0 aromatic heterocycles. The Labute approximate surface area is 120 Å². The number of hydrogen-bond acceptors (Lipinski definition) is 3. The van der Waals surface area contributed by atoms with Crippen molar-refractivity contribution in [1.29, 1.82) is 0 Å². The first kappa shape index (κ1) is 16.2. The third-order valence-electron chi connectivity index (χ3n) is 3.07. The van der Waals surface area contributed by atoms with Crippen molar-refractivity contribution in [3.63, 3.8) is 0 Å². The number of Topliss-reactive ketones (excluding diaryl/α,β-unsaturated/α-hetero) is 1. The highest BCUT2D eigenvalue weighted by molar-refractivity contribution is 5.94. The summed E-state index contributed by atoms with van der Waals surface area (Å²) in [5, 5.41) is 2.88. The van der Waals surface area contributed by atoms with E-state index < -0.39 is 0 Å². The number of rotatable bonds is 7. The van der Waals surface area contributed by atoms with Gasteiger partial charge in [0.1, 0.15) is 5.75 Å². The molecular weight excluding hydrogens is 254 g/mol. The molecule has 4 nitrogen and oxygen atoms in total. The van der Waals surface area contributed by atoms with Gasteiger partial charge in [-0.1, -0.05) is 13.3 Å². The maximum Gasteiger partial charge on any atom is 0.258 e. The second-order valence-electron chi connectivity index (χ2n) is 5.08. The van der Waals surface area contributed by atoms with Crippen molar-refractivity contribution >= 4 is 11.7 Å². The zero-order chi connectivity index (χ0) is 15.1. The molecule has 1 N–H and O–H groups in total. The van der Waals surface area contributed by atoms with Crippen molar-refractivity contribution in [1.82, 2.24) is 5.32 Å². The summed E-state index contributed by atoms with van der Waals surface area (Å²) in [6.07, 6.45) is 1.99. The van der Waals surface area contributed by atoms with Crippen LogP contribution in [0.1, 0.15) is 49.5 Å². The SMILES string of the molecule is CCCC(C)NC(=O)COc1ccc(C(C)=O)cc1C. The number of amides is 1. The lowest BCUT2D eigenvalue weighted by atomic mass is 10.1. The molecule has 0 spiro atoms. The quantitative estimate of drug-likeness (QED) is 0.780. The third kappa shape index (κ3) is 5.03. The minimum absolute atomic E-state index is 0.00564. The molecule has 1 atom stereocenters. The number of hydrogen-bond donors (Lipinski definition) is 1. The average molecular weight is 277 g/mol. The summed E-state index contributed by atoms with van der Waals surface area (Å²) in [6.45, 7) is 7.44. The summed E-state index contributed by atoms with van der Waals surface area (Å²) in [4.78, 5) is 23.0. The van der Waals surface area contributed by atoms with E-state index in [0.29, 0.717) is 11.3 Å². The van der Waals surface area contributed by atoms with Gasteiger partial charge in [0.15, 0.2) is 12.4 Å². The largest absolute Gasteiger partial charge is 0.484 e. The number of nitrogens with one attached hydrogen (secondary N) is 1. The topological polar surface area (TPSA) is 55.4 Å². The Bertz CT molecular complexity index is 483. The van der Waals surface area contributed by atoms with Gasteiger partial charge < -0.3 is 10.1 Å². The molecule has 1 rings (SSSR count). The summed E-state index contributed by atoms with van der Waals surface area (Å²) in [6, 6.07) is 5.38. The number of carbonyl (C=O) groups is 2. The molecule has 20 heavy (non-hydrogen) atoms. The van der Waals surface area contributed by atoms with Crippen molar-refractivity contribution in [2.45, 2.75) is 46.6 Å². The molecule has 0 aliphatic heterocycles. The van der Waals surface area contributed by atoms with Crippen LogP contribution in [0, 0.1) is 6.92 Å². The Kier molecular flexibility index (Phi) is 6.22. The van der Waals surface area contributed by atoms with Crippen molar-refractivity contribution < 1.29 is 14.3 Å². The van der Waals surface area contributed by atoms with E-state index in [9.17, 15) is 9.59 Å². The summed E-state index contributed by atoms with van der Waals surface area (Å²) in [5.41, 5.74) is 1.50. The van der Waals surface area contributed by atoms with E-state index in [0.717, 1.165) is 18.4 Å². The molecule has 0 aliphatic carbocycles. The monoisotopic (exact) mass is 277 g/mol. The van der Waals surface area contributed by atoms with Crippen molar-refractivity contribution in [2.75, 3.05) is 6.61 Å². The number of aryl methyl sites for hydroxylation is 1. The predicted molar refractivity (Wildman–Crippen MR) is 79.2 cm³/mol. The molecule has 0 saturated carbocycles. The van der Waals surface area contributed by atoms with E-state index in [1.807, 2.05) is 13.8 Å². The van der Waals surface area contributed by atoms with Crippen LogP contribution < -0.4 is 10.1 Å². The van der Waals surface area contributed by atoms with Gasteiger partial charge in [-0.25, -0.2) is 0 Å². The lowest BCUT2D eigenvalue weighted by Gasteiger charge is -2.14. The second-order valence-corrected chi connectivity index (χ2v) is 5.08. The zero-order valence-corrected chi connectivity index (χ0v) is 12.7. The average Bonchev–Trinajstić information content (AvgIpc) is 2.37. The van der Waals surface area contributed by atoms with Crippen LogP contribution in [0.15, 0.2) is 18.2 Å². The van der Waals surface area contributed by atoms with E-state index in [4.69, 9.17) is 4.74 Å². The van der Waals surface area contributed by atoms with Crippen LogP contribution in [0.3, 0.4) is 0 Å². The Morgan fingerprint density at radius 3 is 2.60 bits per heavy atom. The molecule has 0 heterocycles. The normalized spacial score (nSPS) is 11.8. The van der Waals surface area contributed by atoms with E-state index in [1.54, 1.807) is 18.2 Å². The standard InChI is InChI=1S/C16H23NO3/c1-5-6-12(3)17-16(19)10-20-15-8-7-14(13(4)18)9-11(15)2/h7-9,12H,5-6,10H2,1-4H3,(H,17,19). The number of carbonyl (C=O) groups excluding carboxylic acids is 2. The molecule has 110 valence electrons. The van der Waals surface area contributed by atoms with Gasteiger partial charge in [-0.05, 0) is 51.0 Å². The van der Waals surface area contributed by atoms with Gasteiger partial charge in [0, 0.05) is 11.6 Å². The van der Waals surface area contributed by atoms with Crippen LogP contribution in [0.4, 0.5) is 0 Å². The zero-order valence-electron chi connectivity index (χ0n) is 12.7. The lowest BCUT2D eigenvalue weighted by molar-refractivity contribution is -0.123. The Hall–Kier alpha value is -1.84. The number of benzene rings is 1. The molecule has 0 saturated heterocycles. The van der Waals surface area contributed by atoms with E-state index in [1.165, 1.54) is 6.92 Å². The van der Waals surface area contributed by atoms with Crippen LogP contribution in [-0.2, 0) is 4.79 Å². The van der Waals surface area contributed by atoms with Crippen LogP contribution in [0.2, 0.25) is 0 Å². The maximum absolute atomic E-state index is 11.7. The fourth-order valence-electron chi connectivity index (χ4n) is 2.00. The molecule has 1 aromatic carbocycles. The van der Waals surface area contributed by atoms with Gasteiger partial charge in [0.25, 0.3) is 5.91 Å². The molecule has 0 bridgehead atoms. The predicted octanol–water partition coefficient (Wildman–Crippen LogP) is 2.88. The fourth-order valence-corrected chi connectivity index (χ4v) is 2.00. The second kappa shape index (κ2) is 7.68. The summed E-state index contributed by atoms with van der Waals surface area (Å²) in [7, 11) is 0. The number of ether oxygens (including phenoxy) is 1. The van der Waals surface area contributed by atoms with Gasteiger partial charge in [-0.15, -0.1) is 0 Å². The molecule has 1 aromatic rings. The van der Waals surface area contributed by atoms with Gasteiger partial charge in [0.05, 0.1) is 0 Å². The molecule has 0 fully saturated rings. The van der Waals surface area contributed by atoms with E-state index in [2.05, 4.69) is 12.2 Å². The molecule has 0 radical (unpaired) electrons. The van der Waals surface area contributed by atoms with Gasteiger partial charge in [-0.3, -0.25) is 9.59 Å². The Balaban J connectivity index is 2.53. The maximum atomic E-state index is 11.7. The van der Waals surface area contributed by atoms with Gasteiger partial charge in [0.2, 0.25) is 0 Å². The highest BCUT2D eigenvalue weighted by Gasteiger charge is 2.09. The first-order valence-electron chi connectivity index (χ1n) is 6.97. The van der Waals surface area contributed by atoms with Crippen LogP contribution in [0.25, 0.3) is 0 Å². The summed E-state index contributed by atoms with van der Waals surface area (Å²) >= 11 is 0. The third-order valence-corrected chi connectivity index (χ3v) is 3.07. The first-order valence-corrected chi connectivity index (χ1v) is 6.97. The van der Waals surface area contributed by atoms with Crippen LogP contribution in [-0.4, -0.2) is 24.3 Å². The molecule has 0 aliphatic rings. The molecular formula is C16H23NO3. The Morgan fingerprint density at radius 1 is 1.35 bits per heavy atom. The van der Waals surface area contributed by atoms with Gasteiger partial charge >= 0.3 is 0 Å². The van der Waals surface area contributed by atoms with E-state index in [-0.39, 0.29) is 24.3 Å². The number of ketones is 1. The highest BCUT2D eigenvalue weighted by Crippen LogP contribution is 2.19. The lowest BCUT2D eigenvalue weighted by Crippen LogP contribution is -2.36. The fraction of sp³-hybridized carbons (Fsp3) is 0.500. The first-order chi connectivity index (χ1) is 9.43. The molecule has 1 unspecified atom stereocenters. The van der Waals surface area contributed by atoms with Crippen LogP contribution >= 0.6 is 0 Å². The van der Waals surface area contributed by atoms with Crippen molar-refractivity contribution in [3.05, 3.63) is 29.3 Å². The van der Waals surface area contributed by atoms with Crippen LogP contribution in [0.5, 0.6) is 5.75 Å². The summed E-state index contributed by atoms with van der Waals surface area (Å²) in [5.74, 6) is 0.528. The molecule has 4 heteroatoms. The van der Waals surface area contributed by atoms with Gasteiger partial charge in [-0.2, -0.15) is 0 Å². The van der Waals surface area contributed by atoms with E-state index >= 15 is 0 Å². The minimum Gasteiger partial charge on any atom is -0.484 e. The highest BCUT2D eigenvalue weighted by atomic mass is 16.5.